The van der Waals surface area contributed by atoms with Crippen LogP contribution in [0, 0.1) is 5.82 Å². The molecule has 0 saturated heterocycles. The summed E-state index contributed by atoms with van der Waals surface area (Å²) in [6.07, 6.45) is 0.348. The Labute approximate surface area is 206 Å². The number of carbonyl (C=O) groups is 4. The second-order valence-electron chi connectivity index (χ2n) is 7.83. The van der Waals surface area contributed by atoms with Gasteiger partial charge >= 0.3 is 11.9 Å². The van der Waals surface area contributed by atoms with Gasteiger partial charge in [0.25, 0.3) is 0 Å². The Morgan fingerprint density at radius 1 is 1.06 bits per heavy atom. The fourth-order valence-corrected chi connectivity index (χ4v) is 4.49. The smallest absolute Gasteiger partial charge is 0.339 e. The fourth-order valence-electron chi connectivity index (χ4n) is 3.39. The van der Waals surface area contributed by atoms with Crippen LogP contribution in [0.25, 0.3) is 0 Å². The van der Waals surface area contributed by atoms with Gasteiger partial charge in [0.05, 0.1) is 23.3 Å². The number of nitrogens with one attached hydrogen (secondary N) is 2. The molecule has 0 heterocycles. The summed E-state index contributed by atoms with van der Waals surface area (Å²) in [5, 5.41) is 29.8. The highest BCUT2D eigenvalue weighted by Crippen LogP contribution is 2.24. The minimum Gasteiger partial charge on any atom is -0.507 e. The zero-order valence-corrected chi connectivity index (χ0v) is 19.7. The summed E-state index contributed by atoms with van der Waals surface area (Å²) < 4.78 is 40.9. The average Bonchev–Trinajstić information content (AvgIpc) is 2.80. The van der Waals surface area contributed by atoms with Gasteiger partial charge in [0.15, 0.2) is 0 Å². The monoisotopic (exact) mass is 524 g/mol. The first kappa shape index (κ1) is 28.4. The predicted octanol–water partition coefficient (Wildman–Crippen LogP) is 1.62. The maximum Gasteiger partial charge on any atom is 0.339 e. The summed E-state index contributed by atoms with van der Waals surface area (Å²) in [6.45, 7) is -0.0704. The maximum absolute atomic E-state index is 13.7. The Balaban J connectivity index is 2.03. The van der Waals surface area contributed by atoms with Gasteiger partial charge in [-0.3, -0.25) is 9.59 Å². The normalized spacial score (nSPS) is 12.9. The molecule has 2 aromatic carbocycles. The second kappa shape index (κ2) is 12.7. The summed E-state index contributed by atoms with van der Waals surface area (Å²) >= 11 is 0. The number of rotatable bonds is 14. The SMILES string of the molecule is O=C[C@H](CC(=O)O)NC(=O)C(CCCCNS(=O)(=O)c1ccc(O)c(C(=O)O)c1)c1cccc(F)c1. The van der Waals surface area contributed by atoms with E-state index in [9.17, 15) is 37.1 Å². The number of carbonyl (C=O) groups excluding carboxylic acids is 2. The highest BCUT2D eigenvalue weighted by Gasteiger charge is 2.25. The van der Waals surface area contributed by atoms with Gasteiger partial charge in [0, 0.05) is 6.54 Å². The molecule has 0 bridgehead atoms. The number of amides is 1. The zero-order chi connectivity index (χ0) is 26.9. The molecule has 1 amide bonds. The van der Waals surface area contributed by atoms with Gasteiger partial charge in [0.2, 0.25) is 15.9 Å². The Hall–Kier alpha value is -3.84. The molecule has 11 nitrogen and oxygen atoms in total. The number of carboxylic acid groups (broad SMARTS) is 2. The van der Waals surface area contributed by atoms with E-state index in [1.807, 2.05) is 0 Å². The van der Waals surface area contributed by atoms with Gasteiger partial charge in [-0.15, -0.1) is 0 Å². The third-order valence-corrected chi connectivity index (χ3v) is 6.63. The number of carboxylic acids is 2. The molecule has 1 unspecified atom stereocenters. The van der Waals surface area contributed by atoms with E-state index in [-0.39, 0.29) is 30.7 Å². The number of unbranched alkanes of at least 4 members (excludes halogenated alkanes) is 1. The fraction of sp³-hybridized carbons (Fsp3) is 0.304. The van der Waals surface area contributed by atoms with Crippen LogP contribution in [0.3, 0.4) is 0 Å². The van der Waals surface area contributed by atoms with E-state index >= 15 is 0 Å². The van der Waals surface area contributed by atoms with Crippen LogP contribution in [0.5, 0.6) is 5.75 Å². The highest BCUT2D eigenvalue weighted by molar-refractivity contribution is 7.89. The molecule has 0 spiro atoms. The lowest BCUT2D eigenvalue weighted by Gasteiger charge is -2.20. The first-order valence-corrected chi connectivity index (χ1v) is 12.2. The number of aromatic hydroxyl groups is 1. The number of benzene rings is 2. The minimum atomic E-state index is -4.09. The molecule has 0 aliphatic heterocycles. The number of aldehydes is 1. The molecular weight excluding hydrogens is 499 g/mol. The quantitative estimate of drug-likeness (QED) is 0.181. The van der Waals surface area contributed by atoms with E-state index < -0.39 is 63.4 Å². The first-order valence-electron chi connectivity index (χ1n) is 10.7. The van der Waals surface area contributed by atoms with Crippen molar-refractivity contribution in [2.75, 3.05) is 6.54 Å². The van der Waals surface area contributed by atoms with E-state index in [0.717, 1.165) is 24.3 Å². The van der Waals surface area contributed by atoms with Crippen LogP contribution in [0.1, 0.15) is 47.5 Å². The van der Waals surface area contributed by atoms with Crippen LogP contribution in [-0.4, -0.2) is 60.5 Å². The average molecular weight is 525 g/mol. The third kappa shape index (κ3) is 8.13. The van der Waals surface area contributed by atoms with Gasteiger partial charge in [0.1, 0.15) is 23.4 Å². The molecule has 0 aromatic heterocycles. The Morgan fingerprint density at radius 3 is 2.39 bits per heavy atom. The molecular formula is C23H25FN2O9S. The van der Waals surface area contributed by atoms with Crippen molar-refractivity contribution in [3.05, 3.63) is 59.4 Å². The number of hydrogen-bond acceptors (Lipinski definition) is 7. The van der Waals surface area contributed by atoms with Crippen molar-refractivity contribution in [3.63, 3.8) is 0 Å². The highest BCUT2D eigenvalue weighted by atomic mass is 32.2. The van der Waals surface area contributed by atoms with Crippen LogP contribution in [0.15, 0.2) is 47.4 Å². The van der Waals surface area contributed by atoms with Crippen LogP contribution in [0.4, 0.5) is 4.39 Å². The number of aliphatic carboxylic acids is 1. The van der Waals surface area contributed by atoms with E-state index in [0.29, 0.717) is 11.8 Å². The standard InChI is InChI=1S/C23H25FN2O9S/c24-15-5-3-4-14(10-15)18(22(31)26-16(13-27)11-21(29)30)6-1-2-9-25-36(34,35)17-7-8-20(28)19(12-17)23(32)33/h3-5,7-8,10,12-13,16,18,25,28H,1-2,6,9,11H2,(H,26,31)(H,29,30)(H,32,33)/t16-,18?/m0/s1. The molecule has 0 aliphatic rings. The van der Waals surface area contributed by atoms with Crippen LogP contribution < -0.4 is 10.0 Å². The largest absolute Gasteiger partial charge is 0.507 e. The van der Waals surface area contributed by atoms with Crippen LogP contribution >= 0.6 is 0 Å². The molecule has 0 saturated carbocycles. The van der Waals surface area contributed by atoms with E-state index in [1.54, 1.807) is 0 Å². The van der Waals surface area contributed by atoms with Crippen molar-refractivity contribution in [1.29, 1.82) is 0 Å². The third-order valence-electron chi connectivity index (χ3n) is 5.17. The number of sulfonamides is 1. The molecule has 0 aliphatic carbocycles. The lowest BCUT2D eigenvalue weighted by atomic mass is 9.92. The molecule has 36 heavy (non-hydrogen) atoms. The van der Waals surface area contributed by atoms with Crippen LogP contribution in [0.2, 0.25) is 0 Å². The van der Waals surface area contributed by atoms with Gasteiger partial charge in [-0.25, -0.2) is 22.3 Å². The van der Waals surface area contributed by atoms with Crippen molar-refractivity contribution >= 4 is 34.2 Å². The molecule has 2 atom stereocenters. The summed E-state index contributed by atoms with van der Waals surface area (Å²) in [5.41, 5.74) is -0.267. The van der Waals surface area contributed by atoms with E-state index in [2.05, 4.69) is 10.0 Å². The topological polar surface area (TPSA) is 187 Å². The van der Waals surface area contributed by atoms with Crippen molar-refractivity contribution in [3.8, 4) is 5.75 Å². The Bertz CT molecular complexity index is 1230. The lowest BCUT2D eigenvalue weighted by Crippen LogP contribution is -2.40. The number of aromatic carboxylic acids is 1. The minimum absolute atomic E-state index is 0.0704. The molecule has 2 aromatic rings. The van der Waals surface area contributed by atoms with Crippen molar-refractivity contribution in [2.45, 2.75) is 42.5 Å². The zero-order valence-electron chi connectivity index (χ0n) is 18.9. The van der Waals surface area contributed by atoms with Crippen LogP contribution in [-0.2, 0) is 24.4 Å². The van der Waals surface area contributed by atoms with Gasteiger partial charge in [-0.1, -0.05) is 18.6 Å². The number of phenols is 1. The van der Waals surface area contributed by atoms with E-state index in [4.69, 9.17) is 10.2 Å². The Kier molecular flexibility index (Phi) is 10.1. The van der Waals surface area contributed by atoms with E-state index in [1.165, 1.54) is 18.2 Å². The second-order valence-corrected chi connectivity index (χ2v) is 9.60. The van der Waals surface area contributed by atoms with Crippen molar-refractivity contribution < 1.29 is 47.3 Å². The van der Waals surface area contributed by atoms with Crippen molar-refractivity contribution in [1.82, 2.24) is 10.0 Å². The Morgan fingerprint density at radius 2 is 1.78 bits per heavy atom. The predicted molar refractivity (Wildman–Crippen MR) is 123 cm³/mol. The lowest BCUT2D eigenvalue weighted by molar-refractivity contribution is -0.138. The molecule has 0 radical (unpaired) electrons. The summed E-state index contributed by atoms with van der Waals surface area (Å²) in [4.78, 5) is 45.5. The van der Waals surface area contributed by atoms with Gasteiger partial charge < -0.3 is 25.4 Å². The summed E-state index contributed by atoms with van der Waals surface area (Å²) in [6, 6.07) is 6.80. The molecule has 194 valence electrons. The summed E-state index contributed by atoms with van der Waals surface area (Å²) in [5.74, 6) is -5.56. The van der Waals surface area contributed by atoms with Gasteiger partial charge in [-0.05, 0) is 48.7 Å². The number of halogens is 1. The van der Waals surface area contributed by atoms with Crippen molar-refractivity contribution in [2.24, 2.45) is 0 Å². The van der Waals surface area contributed by atoms with Gasteiger partial charge in [-0.2, -0.15) is 0 Å². The molecule has 0 fully saturated rings. The summed E-state index contributed by atoms with van der Waals surface area (Å²) in [7, 11) is -4.09. The molecule has 5 N–H and O–H groups in total. The molecule has 13 heteroatoms. The maximum atomic E-state index is 13.7. The first-order chi connectivity index (χ1) is 16.9. The number of hydrogen-bond donors (Lipinski definition) is 5. The molecule has 2 rings (SSSR count).